The van der Waals surface area contributed by atoms with Gasteiger partial charge in [0.15, 0.2) is 0 Å². The lowest BCUT2D eigenvalue weighted by atomic mass is 10.0. The van der Waals surface area contributed by atoms with Gasteiger partial charge in [-0.1, -0.05) is 24.6 Å². The SMILES string of the molecule is C=CCCCCCC(=O)CCc1cccc(N)c1. The number of carbonyl (C=O) groups excluding carboxylic acids is 1. The van der Waals surface area contributed by atoms with Crippen LogP contribution in [0.1, 0.15) is 44.1 Å². The highest BCUT2D eigenvalue weighted by molar-refractivity contribution is 5.78. The zero-order valence-corrected chi connectivity index (χ0v) is 11.0. The van der Waals surface area contributed by atoms with E-state index in [1.807, 2.05) is 30.3 Å². The predicted molar refractivity (Wildman–Crippen MR) is 77.5 cm³/mol. The number of carbonyl (C=O) groups is 1. The molecule has 1 rings (SSSR count). The van der Waals surface area contributed by atoms with Gasteiger partial charge in [-0.25, -0.2) is 0 Å². The number of nitrogen functional groups attached to an aromatic ring is 1. The fourth-order valence-corrected chi connectivity index (χ4v) is 1.95. The number of aryl methyl sites for hydroxylation is 1. The molecule has 0 saturated heterocycles. The Morgan fingerprint density at radius 3 is 2.78 bits per heavy atom. The number of ketones is 1. The lowest BCUT2D eigenvalue weighted by molar-refractivity contribution is -0.119. The summed E-state index contributed by atoms with van der Waals surface area (Å²) in [5.41, 5.74) is 7.61. The van der Waals surface area contributed by atoms with Crippen LogP contribution in [0.4, 0.5) is 5.69 Å². The fraction of sp³-hybridized carbons (Fsp3) is 0.438. The molecule has 0 saturated carbocycles. The number of nitrogens with two attached hydrogens (primary N) is 1. The van der Waals surface area contributed by atoms with E-state index >= 15 is 0 Å². The van der Waals surface area contributed by atoms with Crippen LogP contribution in [0.3, 0.4) is 0 Å². The largest absolute Gasteiger partial charge is 0.399 e. The second kappa shape index (κ2) is 8.51. The van der Waals surface area contributed by atoms with Gasteiger partial charge in [0.25, 0.3) is 0 Å². The number of hydrogen-bond donors (Lipinski definition) is 1. The van der Waals surface area contributed by atoms with Crippen molar-refractivity contribution in [3.05, 3.63) is 42.5 Å². The first-order valence-corrected chi connectivity index (χ1v) is 6.69. The van der Waals surface area contributed by atoms with E-state index in [9.17, 15) is 4.79 Å². The van der Waals surface area contributed by atoms with Gasteiger partial charge in [-0.2, -0.15) is 0 Å². The van der Waals surface area contributed by atoms with Crippen LogP contribution in [0.2, 0.25) is 0 Å². The topological polar surface area (TPSA) is 43.1 Å². The van der Waals surface area contributed by atoms with Gasteiger partial charge in [-0.3, -0.25) is 4.79 Å². The monoisotopic (exact) mass is 245 g/mol. The van der Waals surface area contributed by atoms with Crippen LogP contribution in [-0.2, 0) is 11.2 Å². The number of allylic oxidation sites excluding steroid dienone is 1. The summed E-state index contributed by atoms with van der Waals surface area (Å²) in [7, 11) is 0. The first-order valence-electron chi connectivity index (χ1n) is 6.69. The minimum absolute atomic E-state index is 0.357. The average molecular weight is 245 g/mol. The number of hydrogen-bond acceptors (Lipinski definition) is 2. The van der Waals surface area contributed by atoms with Crippen molar-refractivity contribution < 1.29 is 4.79 Å². The zero-order valence-electron chi connectivity index (χ0n) is 11.0. The molecule has 0 aliphatic heterocycles. The van der Waals surface area contributed by atoms with Gasteiger partial charge in [0, 0.05) is 18.5 Å². The highest BCUT2D eigenvalue weighted by atomic mass is 16.1. The maximum Gasteiger partial charge on any atom is 0.133 e. The van der Waals surface area contributed by atoms with E-state index in [1.165, 1.54) is 0 Å². The zero-order chi connectivity index (χ0) is 13.2. The van der Waals surface area contributed by atoms with Crippen molar-refractivity contribution in [2.45, 2.75) is 44.9 Å². The Morgan fingerprint density at radius 1 is 1.22 bits per heavy atom. The molecule has 1 aromatic carbocycles. The maximum atomic E-state index is 11.7. The Kier molecular flexibility index (Phi) is 6.85. The van der Waals surface area contributed by atoms with E-state index in [2.05, 4.69) is 6.58 Å². The number of rotatable bonds is 9. The molecule has 0 aliphatic rings. The average Bonchev–Trinajstić information content (AvgIpc) is 2.36. The highest BCUT2D eigenvalue weighted by Crippen LogP contribution is 2.11. The molecule has 0 aliphatic carbocycles. The van der Waals surface area contributed by atoms with Crippen molar-refractivity contribution >= 4 is 11.5 Å². The number of Topliss-reactive ketones (excluding diaryl/α,β-unsaturated/α-hetero) is 1. The van der Waals surface area contributed by atoms with Crippen LogP contribution in [0.5, 0.6) is 0 Å². The second-order valence-electron chi connectivity index (χ2n) is 4.67. The molecule has 0 bridgehead atoms. The van der Waals surface area contributed by atoms with E-state index in [0.29, 0.717) is 18.6 Å². The van der Waals surface area contributed by atoms with Gasteiger partial charge < -0.3 is 5.73 Å². The summed E-state index contributed by atoms with van der Waals surface area (Å²) >= 11 is 0. The molecular weight excluding hydrogens is 222 g/mol. The van der Waals surface area contributed by atoms with Gasteiger partial charge in [-0.05, 0) is 43.4 Å². The predicted octanol–water partition coefficient (Wildman–Crippen LogP) is 3.91. The van der Waals surface area contributed by atoms with Crippen molar-refractivity contribution in [2.75, 3.05) is 5.73 Å². The highest BCUT2D eigenvalue weighted by Gasteiger charge is 2.02. The van der Waals surface area contributed by atoms with Crippen molar-refractivity contribution in [3.63, 3.8) is 0 Å². The number of anilines is 1. The van der Waals surface area contributed by atoms with E-state index in [4.69, 9.17) is 5.73 Å². The fourth-order valence-electron chi connectivity index (χ4n) is 1.95. The van der Waals surface area contributed by atoms with Crippen LogP contribution < -0.4 is 5.73 Å². The van der Waals surface area contributed by atoms with Gasteiger partial charge in [0.1, 0.15) is 5.78 Å². The normalized spacial score (nSPS) is 10.2. The summed E-state index contributed by atoms with van der Waals surface area (Å²) in [5.74, 6) is 0.357. The molecule has 18 heavy (non-hydrogen) atoms. The third-order valence-electron chi connectivity index (χ3n) is 3.01. The third kappa shape index (κ3) is 6.24. The lowest BCUT2D eigenvalue weighted by Gasteiger charge is -2.03. The summed E-state index contributed by atoms with van der Waals surface area (Å²) in [5, 5.41) is 0. The summed E-state index contributed by atoms with van der Waals surface area (Å²) in [6.07, 6.45) is 8.39. The molecule has 1 aromatic rings. The molecule has 0 unspecified atom stereocenters. The van der Waals surface area contributed by atoms with Gasteiger partial charge in [0.2, 0.25) is 0 Å². The Labute approximate surface area is 110 Å². The second-order valence-corrected chi connectivity index (χ2v) is 4.67. The minimum atomic E-state index is 0.357. The summed E-state index contributed by atoms with van der Waals surface area (Å²) < 4.78 is 0. The van der Waals surface area contributed by atoms with E-state index < -0.39 is 0 Å². The molecule has 0 radical (unpaired) electrons. The lowest BCUT2D eigenvalue weighted by Crippen LogP contribution is -2.00. The Hall–Kier alpha value is -1.57. The first-order chi connectivity index (χ1) is 8.72. The van der Waals surface area contributed by atoms with Crippen LogP contribution in [0, 0.1) is 0 Å². The number of benzene rings is 1. The number of unbranched alkanes of at least 4 members (excludes halogenated alkanes) is 3. The van der Waals surface area contributed by atoms with Crippen molar-refractivity contribution in [3.8, 4) is 0 Å². The van der Waals surface area contributed by atoms with Crippen LogP contribution in [-0.4, -0.2) is 5.78 Å². The van der Waals surface area contributed by atoms with E-state index in [0.717, 1.165) is 43.4 Å². The summed E-state index contributed by atoms with van der Waals surface area (Å²) in [6.45, 7) is 3.69. The van der Waals surface area contributed by atoms with Crippen molar-refractivity contribution in [2.24, 2.45) is 0 Å². The molecule has 2 heteroatoms. The molecule has 0 spiro atoms. The molecule has 0 fully saturated rings. The summed E-state index contributed by atoms with van der Waals surface area (Å²) in [4.78, 5) is 11.7. The molecule has 98 valence electrons. The Balaban J connectivity index is 2.15. The van der Waals surface area contributed by atoms with Crippen LogP contribution >= 0.6 is 0 Å². The van der Waals surface area contributed by atoms with Crippen LogP contribution in [0.25, 0.3) is 0 Å². The van der Waals surface area contributed by atoms with Crippen LogP contribution in [0.15, 0.2) is 36.9 Å². The Bertz CT molecular complexity index is 384. The molecular formula is C16H23NO. The van der Waals surface area contributed by atoms with E-state index in [-0.39, 0.29) is 0 Å². The molecule has 0 atom stereocenters. The van der Waals surface area contributed by atoms with Crippen molar-refractivity contribution in [1.82, 2.24) is 0 Å². The standard InChI is InChI=1S/C16H23NO/c1-2-3-4-5-6-10-16(18)12-11-14-8-7-9-15(17)13-14/h2,7-9,13H,1,3-6,10-12,17H2. The third-order valence-corrected chi connectivity index (χ3v) is 3.01. The molecule has 0 heterocycles. The summed E-state index contributed by atoms with van der Waals surface area (Å²) in [6, 6.07) is 7.76. The van der Waals surface area contributed by atoms with Gasteiger partial charge in [0.05, 0.1) is 0 Å². The molecule has 2 nitrogen and oxygen atoms in total. The molecule has 2 N–H and O–H groups in total. The molecule has 0 amide bonds. The molecule has 0 aromatic heterocycles. The van der Waals surface area contributed by atoms with Crippen molar-refractivity contribution in [1.29, 1.82) is 0 Å². The Morgan fingerprint density at radius 2 is 2.06 bits per heavy atom. The van der Waals surface area contributed by atoms with E-state index in [1.54, 1.807) is 0 Å². The van der Waals surface area contributed by atoms with Gasteiger partial charge >= 0.3 is 0 Å². The first kappa shape index (κ1) is 14.5. The maximum absolute atomic E-state index is 11.7. The minimum Gasteiger partial charge on any atom is -0.399 e. The van der Waals surface area contributed by atoms with Gasteiger partial charge in [-0.15, -0.1) is 6.58 Å². The smallest absolute Gasteiger partial charge is 0.133 e. The quantitative estimate of drug-likeness (QED) is 0.407.